The van der Waals surface area contributed by atoms with Gasteiger partial charge in [-0.25, -0.2) is 10.3 Å². The summed E-state index contributed by atoms with van der Waals surface area (Å²) < 4.78 is 5.40. The minimum Gasteiger partial charge on any atom is -0.410 e. The third-order valence-electron chi connectivity index (χ3n) is 7.22. The fraction of sp³-hybridized carbons (Fsp3) is 0.630. The van der Waals surface area contributed by atoms with Crippen LogP contribution >= 0.6 is 0 Å². The van der Waals surface area contributed by atoms with E-state index in [2.05, 4.69) is 5.32 Å². The summed E-state index contributed by atoms with van der Waals surface area (Å²) in [4.78, 5) is 54.5. The maximum Gasteiger partial charge on any atom is 0.415 e. The summed E-state index contributed by atoms with van der Waals surface area (Å²) in [5.74, 6) is -0.997. The summed E-state index contributed by atoms with van der Waals surface area (Å²) in [6.45, 7) is 6.95. The van der Waals surface area contributed by atoms with E-state index in [1.54, 1.807) is 39.5 Å². The zero-order chi connectivity index (χ0) is 27.0. The first-order chi connectivity index (χ1) is 17.6. The van der Waals surface area contributed by atoms with Crippen LogP contribution in [-0.4, -0.2) is 71.0 Å². The van der Waals surface area contributed by atoms with Crippen molar-refractivity contribution in [2.45, 2.75) is 65.3 Å². The molecule has 10 nitrogen and oxygen atoms in total. The first kappa shape index (κ1) is 28.4. The number of benzene rings is 1. The quantitative estimate of drug-likeness (QED) is 0.360. The molecule has 0 spiro atoms. The Labute approximate surface area is 218 Å². The minimum absolute atomic E-state index is 0.133. The molecule has 4 amide bonds. The first-order valence-electron chi connectivity index (χ1n) is 13.1. The average Bonchev–Trinajstić information content (AvgIpc) is 3.39. The van der Waals surface area contributed by atoms with Crippen molar-refractivity contribution in [2.24, 2.45) is 17.3 Å². The lowest BCUT2D eigenvalue weighted by Crippen LogP contribution is -2.60. The molecule has 0 bridgehead atoms. The Morgan fingerprint density at radius 2 is 1.59 bits per heavy atom. The fourth-order valence-corrected chi connectivity index (χ4v) is 5.06. The lowest BCUT2D eigenvalue weighted by molar-refractivity contribution is -0.142. The Hall–Kier alpha value is -3.14. The van der Waals surface area contributed by atoms with Gasteiger partial charge in [0.2, 0.25) is 17.7 Å². The summed E-state index contributed by atoms with van der Waals surface area (Å²) in [5.41, 5.74) is 1.05. The predicted octanol–water partition coefficient (Wildman–Crippen LogP) is 2.95. The van der Waals surface area contributed by atoms with Gasteiger partial charge in [0.15, 0.2) is 0 Å². The highest BCUT2D eigenvalue weighted by Crippen LogP contribution is 2.32. The molecule has 1 heterocycles. The van der Waals surface area contributed by atoms with Gasteiger partial charge in [-0.2, -0.15) is 0 Å². The average molecular weight is 517 g/mol. The second-order valence-electron chi connectivity index (χ2n) is 11.1. The summed E-state index contributed by atoms with van der Waals surface area (Å²) in [7, 11) is 0. The Bertz CT molecular complexity index is 934. The molecule has 2 fully saturated rings. The standard InChI is InChI=1S/C27H40N4O6/c1-27(2,3)23(28-24(33)20(18-22(32)29-36)17-19-9-7-8-10-19)25(34)30-13-15-31(16-14-30)26(35)37-21-11-5-4-6-12-21/h4-6,11-12,19-20,23,36H,7-10,13-18H2,1-3H3,(H,28,33)(H,29,32)/t20?,23-/m1/s1. The van der Waals surface area contributed by atoms with Crippen molar-refractivity contribution in [3.63, 3.8) is 0 Å². The number of amides is 4. The van der Waals surface area contributed by atoms with Crippen LogP contribution in [0.3, 0.4) is 0 Å². The van der Waals surface area contributed by atoms with Crippen LogP contribution in [0.15, 0.2) is 30.3 Å². The zero-order valence-corrected chi connectivity index (χ0v) is 22.1. The van der Waals surface area contributed by atoms with E-state index in [-0.39, 0.29) is 18.2 Å². The van der Waals surface area contributed by atoms with Gasteiger partial charge in [0, 0.05) is 38.5 Å². The molecule has 3 rings (SSSR count). The molecule has 1 unspecified atom stereocenters. The number of hydrogen-bond donors (Lipinski definition) is 3. The van der Waals surface area contributed by atoms with E-state index in [4.69, 9.17) is 9.94 Å². The third-order valence-corrected chi connectivity index (χ3v) is 7.22. The molecule has 1 aromatic carbocycles. The molecule has 37 heavy (non-hydrogen) atoms. The smallest absolute Gasteiger partial charge is 0.410 e. The maximum absolute atomic E-state index is 13.6. The number of piperazine rings is 1. The topological polar surface area (TPSA) is 128 Å². The van der Waals surface area contributed by atoms with Gasteiger partial charge >= 0.3 is 6.09 Å². The summed E-state index contributed by atoms with van der Waals surface area (Å²) in [6.07, 6.45) is 4.21. The van der Waals surface area contributed by atoms with Gasteiger partial charge < -0.3 is 19.9 Å². The number of rotatable bonds is 8. The van der Waals surface area contributed by atoms with E-state index >= 15 is 0 Å². The highest BCUT2D eigenvalue weighted by Gasteiger charge is 2.39. The van der Waals surface area contributed by atoms with Crippen LogP contribution in [0.5, 0.6) is 5.75 Å². The van der Waals surface area contributed by atoms with E-state index in [0.717, 1.165) is 25.7 Å². The van der Waals surface area contributed by atoms with Gasteiger partial charge in [0.1, 0.15) is 11.8 Å². The highest BCUT2D eigenvalue weighted by atomic mass is 16.6. The van der Waals surface area contributed by atoms with Crippen LogP contribution in [0.4, 0.5) is 4.79 Å². The molecule has 2 atom stereocenters. The van der Waals surface area contributed by atoms with E-state index in [1.807, 2.05) is 26.8 Å². The highest BCUT2D eigenvalue weighted by molar-refractivity contribution is 5.91. The molecule has 2 aliphatic rings. The molecule has 1 saturated heterocycles. The van der Waals surface area contributed by atoms with Gasteiger partial charge in [-0.15, -0.1) is 0 Å². The Balaban J connectivity index is 1.61. The van der Waals surface area contributed by atoms with Gasteiger partial charge in [-0.05, 0) is 29.9 Å². The van der Waals surface area contributed by atoms with Crippen LogP contribution in [0.1, 0.15) is 59.3 Å². The molecule has 1 aliphatic heterocycles. The van der Waals surface area contributed by atoms with Crippen LogP contribution in [0.2, 0.25) is 0 Å². The van der Waals surface area contributed by atoms with Crippen molar-refractivity contribution in [3.05, 3.63) is 30.3 Å². The molecule has 0 aromatic heterocycles. The molecular weight excluding hydrogens is 476 g/mol. The fourth-order valence-electron chi connectivity index (χ4n) is 5.06. The Kier molecular flexibility index (Phi) is 9.91. The number of ether oxygens (including phenoxy) is 1. The largest absolute Gasteiger partial charge is 0.415 e. The van der Waals surface area contributed by atoms with Crippen molar-refractivity contribution in [1.82, 2.24) is 20.6 Å². The van der Waals surface area contributed by atoms with Crippen molar-refractivity contribution < 1.29 is 29.1 Å². The molecule has 204 valence electrons. The lowest BCUT2D eigenvalue weighted by atomic mass is 9.84. The number of nitrogens with zero attached hydrogens (tertiary/aromatic N) is 2. The van der Waals surface area contributed by atoms with Crippen LogP contribution in [0, 0.1) is 17.3 Å². The van der Waals surface area contributed by atoms with E-state index < -0.39 is 29.4 Å². The zero-order valence-electron chi connectivity index (χ0n) is 22.1. The third kappa shape index (κ3) is 8.18. The van der Waals surface area contributed by atoms with Gasteiger partial charge in [-0.1, -0.05) is 64.7 Å². The van der Waals surface area contributed by atoms with Crippen molar-refractivity contribution in [3.8, 4) is 5.75 Å². The number of carbonyl (C=O) groups excluding carboxylic acids is 4. The molecule has 3 N–H and O–H groups in total. The van der Waals surface area contributed by atoms with E-state index in [0.29, 0.717) is 44.3 Å². The normalized spacial score (nSPS) is 18.2. The minimum atomic E-state index is -0.800. The SMILES string of the molecule is CC(C)(C)[C@H](NC(=O)C(CC(=O)NO)CC1CCCC1)C(=O)N1CCN(C(=O)Oc2ccccc2)CC1. The number of hydrogen-bond acceptors (Lipinski definition) is 6. The first-order valence-corrected chi connectivity index (χ1v) is 13.1. The van der Waals surface area contributed by atoms with Crippen molar-refractivity contribution >= 4 is 23.8 Å². The summed E-state index contributed by atoms with van der Waals surface area (Å²) in [5, 5.41) is 11.9. The number of carbonyl (C=O) groups is 4. The van der Waals surface area contributed by atoms with Crippen molar-refractivity contribution in [2.75, 3.05) is 26.2 Å². The van der Waals surface area contributed by atoms with Crippen LogP contribution in [0.25, 0.3) is 0 Å². The van der Waals surface area contributed by atoms with Crippen LogP contribution < -0.4 is 15.5 Å². The predicted molar refractivity (Wildman–Crippen MR) is 137 cm³/mol. The second kappa shape index (κ2) is 12.9. The molecular formula is C27H40N4O6. The van der Waals surface area contributed by atoms with E-state index in [1.165, 1.54) is 0 Å². The lowest BCUT2D eigenvalue weighted by Gasteiger charge is -2.39. The number of hydroxylamine groups is 1. The van der Waals surface area contributed by atoms with E-state index in [9.17, 15) is 19.2 Å². The second-order valence-corrected chi connectivity index (χ2v) is 11.1. The van der Waals surface area contributed by atoms with Crippen LogP contribution in [-0.2, 0) is 14.4 Å². The molecule has 1 aromatic rings. The number of para-hydroxylation sites is 1. The molecule has 1 saturated carbocycles. The summed E-state index contributed by atoms with van der Waals surface area (Å²) >= 11 is 0. The molecule has 0 radical (unpaired) electrons. The Morgan fingerprint density at radius 1 is 1.00 bits per heavy atom. The monoisotopic (exact) mass is 516 g/mol. The number of nitrogens with one attached hydrogen (secondary N) is 2. The van der Waals surface area contributed by atoms with Gasteiger partial charge in [-0.3, -0.25) is 19.6 Å². The van der Waals surface area contributed by atoms with Crippen molar-refractivity contribution in [1.29, 1.82) is 0 Å². The Morgan fingerprint density at radius 3 is 2.16 bits per heavy atom. The van der Waals surface area contributed by atoms with Gasteiger partial charge in [0.05, 0.1) is 0 Å². The molecule has 10 heteroatoms. The van der Waals surface area contributed by atoms with Gasteiger partial charge in [0.25, 0.3) is 0 Å². The maximum atomic E-state index is 13.6. The summed E-state index contributed by atoms with van der Waals surface area (Å²) in [6, 6.07) is 8.02. The molecule has 1 aliphatic carbocycles.